The Hall–Kier alpha value is -1.78. The molecule has 100 valence electrons. The zero-order valence-electron chi connectivity index (χ0n) is 11.7. The van der Waals surface area contributed by atoms with Gasteiger partial charge < -0.3 is 14.8 Å². The van der Waals surface area contributed by atoms with Crippen LogP contribution in [0.3, 0.4) is 0 Å². The molecule has 2 amide bonds. The van der Waals surface area contributed by atoms with Gasteiger partial charge in [-0.3, -0.25) is 9.59 Å². The van der Waals surface area contributed by atoms with Crippen molar-refractivity contribution in [2.24, 2.45) is 13.0 Å². The molecule has 1 heterocycles. The lowest BCUT2D eigenvalue weighted by molar-refractivity contribution is -0.132. The van der Waals surface area contributed by atoms with E-state index in [2.05, 4.69) is 5.32 Å². The van der Waals surface area contributed by atoms with Gasteiger partial charge in [0.15, 0.2) is 0 Å². The van der Waals surface area contributed by atoms with Crippen molar-refractivity contribution in [2.75, 3.05) is 20.6 Å². The van der Waals surface area contributed by atoms with Crippen LogP contribution in [0.1, 0.15) is 23.0 Å². The second-order valence-corrected chi connectivity index (χ2v) is 4.77. The summed E-state index contributed by atoms with van der Waals surface area (Å²) in [7, 11) is 5.31. The van der Waals surface area contributed by atoms with Gasteiger partial charge in [-0.25, -0.2) is 0 Å². The first-order valence-electron chi connectivity index (χ1n) is 5.96. The first-order valence-corrected chi connectivity index (χ1v) is 5.96. The highest BCUT2D eigenvalue weighted by molar-refractivity contribution is 5.95. The van der Waals surface area contributed by atoms with Crippen molar-refractivity contribution in [2.45, 2.75) is 13.8 Å². The molecule has 0 saturated carbocycles. The molecular formula is C13H21N3O2. The molecule has 1 unspecified atom stereocenters. The van der Waals surface area contributed by atoms with E-state index in [1.807, 2.05) is 24.7 Å². The lowest BCUT2D eigenvalue weighted by Crippen LogP contribution is -2.37. The molecular weight excluding hydrogens is 230 g/mol. The van der Waals surface area contributed by atoms with E-state index >= 15 is 0 Å². The zero-order chi connectivity index (χ0) is 13.9. The Balaban J connectivity index is 2.57. The molecule has 0 aliphatic heterocycles. The van der Waals surface area contributed by atoms with Crippen LogP contribution in [-0.4, -0.2) is 41.9 Å². The molecule has 5 heteroatoms. The largest absolute Gasteiger partial charge is 0.354 e. The van der Waals surface area contributed by atoms with Gasteiger partial charge in [0.2, 0.25) is 5.91 Å². The third-order valence-corrected chi connectivity index (χ3v) is 3.06. The molecule has 1 N–H and O–H groups in total. The predicted octanol–water partition coefficient (Wildman–Crippen LogP) is 0.788. The Morgan fingerprint density at radius 2 is 2.06 bits per heavy atom. The van der Waals surface area contributed by atoms with Crippen molar-refractivity contribution in [3.8, 4) is 0 Å². The number of hydrogen-bond acceptors (Lipinski definition) is 2. The number of hydrogen-bond donors (Lipinski definition) is 1. The summed E-state index contributed by atoms with van der Waals surface area (Å²) in [5, 5.41) is 2.79. The van der Waals surface area contributed by atoms with Gasteiger partial charge in [0.1, 0.15) is 0 Å². The predicted molar refractivity (Wildman–Crippen MR) is 70.3 cm³/mol. The van der Waals surface area contributed by atoms with Crippen LogP contribution in [-0.2, 0) is 11.8 Å². The average Bonchev–Trinajstić information content (AvgIpc) is 2.65. The number of carbonyl (C=O) groups excluding carboxylic acids is 2. The Bertz CT molecular complexity index is 449. The van der Waals surface area contributed by atoms with Crippen LogP contribution in [0.4, 0.5) is 0 Å². The summed E-state index contributed by atoms with van der Waals surface area (Å²) >= 11 is 0. The summed E-state index contributed by atoms with van der Waals surface area (Å²) in [4.78, 5) is 25.1. The van der Waals surface area contributed by atoms with Gasteiger partial charge in [0.05, 0.1) is 11.5 Å². The van der Waals surface area contributed by atoms with E-state index in [4.69, 9.17) is 0 Å². The SMILES string of the molecule is Cc1c(C(=O)NCC(C)C(=O)N(C)C)ccn1C. The number of aromatic nitrogens is 1. The number of nitrogens with zero attached hydrogens (tertiary/aromatic N) is 2. The summed E-state index contributed by atoms with van der Waals surface area (Å²) in [6, 6.07) is 1.78. The fourth-order valence-electron chi connectivity index (χ4n) is 1.72. The third-order valence-electron chi connectivity index (χ3n) is 3.06. The Kier molecular flexibility index (Phi) is 4.53. The first kappa shape index (κ1) is 14.3. The molecule has 0 saturated heterocycles. The van der Waals surface area contributed by atoms with Gasteiger partial charge in [0.25, 0.3) is 5.91 Å². The summed E-state index contributed by atoms with van der Waals surface area (Å²) < 4.78 is 1.89. The van der Waals surface area contributed by atoms with Gasteiger partial charge in [-0.1, -0.05) is 6.92 Å². The number of nitrogens with one attached hydrogen (secondary N) is 1. The Labute approximate surface area is 108 Å². The summed E-state index contributed by atoms with van der Waals surface area (Å²) in [5.74, 6) is -0.334. The van der Waals surface area contributed by atoms with Gasteiger partial charge in [-0.05, 0) is 13.0 Å². The first-order chi connectivity index (χ1) is 8.34. The molecule has 0 aliphatic rings. The molecule has 1 atom stereocenters. The van der Waals surface area contributed by atoms with Crippen LogP contribution >= 0.6 is 0 Å². The lowest BCUT2D eigenvalue weighted by Gasteiger charge is -2.17. The lowest BCUT2D eigenvalue weighted by atomic mass is 10.1. The minimum Gasteiger partial charge on any atom is -0.354 e. The number of carbonyl (C=O) groups is 2. The molecule has 0 bridgehead atoms. The van der Waals surface area contributed by atoms with Crippen LogP contribution in [0.15, 0.2) is 12.3 Å². The number of rotatable bonds is 4. The zero-order valence-corrected chi connectivity index (χ0v) is 11.7. The minimum absolute atomic E-state index is 0.0140. The molecule has 0 spiro atoms. The molecule has 1 aromatic heterocycles. The fourth-order valence-corrected chi connectivity index (χ4v) is 1.72. The minimum atomic E-state index is -0.215. The van der Waals surface area contributed by atoms with E-state index < -0.39 is 0 Å². The van der Waals surface area contributed by atoms with Gasteiger partial charge in [-0.15, -0.1) is 0 Å². The van der Waals surface area contributed by atoms with E-state index in [1.165, 1.54) is 4.90 Å². The maximum Gasteiger partial charge on any atom is 0.253 e. The normalized spacial score (nSPS) is 12.1. The second kappa shape index (κ2) is 5.71. The van der Waals surface area contributed by atoms with E-state index in [-0.39, 0.29) is 17.7 Å². The highest BCUT2D eigenvalue weighted by Crippen LogP contribution is 2.08. The standard InChI is InChI=1S/C13H21N3O2/c1-9(13(18)15(3)4)8-14-12(17)11-6-7-16(5)10(11)2/h6-7,9H,8H2,1-5H3,(H,14,17). The van der Waals surface area contributed by atoms with Crippen molar-refractivity contribution in [1.29, 1.82) is 0 Å². The average molecular weight is 251 g/mol. The van der Waals surface area contributed by atoms with Crippen LogP contribution in [0.5, 0.6) is 0 Å². The summed E-state index contributed by atoms with van der Waals surface area (Å²) in [6.45, 7) is 4.05. The molecule has 0 aliphatic carbocycles. The molecule has 0 fully saturated rings. The van der Waals surface area contributed by atoms with Crippen molar-refractivity contribution in [3.05, 3.63) is 23.5 Å². The van der Waals surface area contributed by atoms with Gasteiger partial charge in [-0.2, -0.15) is 0 Å². The molecule has 1 rings (SSSR count). The molecule has 5 nitrogen and oxygen atoms in total. The van der Waals surface area contributed by atoms with Crippen molar-refractivity contribution in [1.82, 2.24) is 14.8 Å². The fraction of sp³-hybridized carbons (Fsp3) is 0.538. The highest BCUT2D eigenvalue weighted by atomic mass is 16.2. The monoisotopic (exact) mass is 251 g/mol. The van der Waals surface area contributed by atoms with Crippen LogP contribution in [0.25, 0.3) is 0 Å². The maximum atomic E-state index is 11.9. The maximum absolute atomic E-state index is 11.9. The quantitative estimate of drug-likeness (QED) is 0.860. The summed E-state index contributed by atoms with van der Waals surface area (Å²) in [6.07, 6.45) is 1.85. The smallest absolute Gasteiger partial charge is 0.253 e. The number of aryl methyl sites for hydroxylation is 1. The van der Waals surface area contributed by atoms with Gasteiger partial charge in [0, 0.05) is 39.6 Å². The van der Waals surface area contributed by atoms with Crippen molar-refractivity contribution >= 4 is 11.8 Å². The third kappa shape index (κ3) is 3.12. The molecule has 1 aromatic rings. The van der Waals surface area contributed by atoms with Gasteiger partial charge >= 0.3 is 0 Å². The Morgan fingerprint density at radius 3 is 2.50 bits per heavy atom. The topological polar surface area (TPSA) is 54.3 Å². The number of amides is 2. The highest BCUT2D eigenvalue weighted by Gasteiger charge is 2.17. The van der Waals surface area contributed by atoms with Crippen molar-refractivity contribution in [3.63, 3.8) is 0 Å². The summed E-state index contributed by atoms with van der Waals surface area (Å²) in [5.41, 5.74) is 1.57. The van der Waals surface area contributed by atoms with E-state index in [0.717, 1.165) is 5.69 Å². The molecule has 18 heavy (non-hydrogen) atoms. The van der Waals surface area contributed by atoms with E-state index in [1.54, 1.807) is 27.1 Å². The van der Waals surface area contributed by atoms with Crippen LogP contribution in [0, 0.1) is 12.8 Å². The van der Waals surface area contributed by atoms with E-state index in [9.17, 15) is 9.59 Å². The molecule has 0 aromatic carbocycles. The molecule has 0 radical (unpaired) electrons. The van der Waals surface area contributed by atoms with E-state index in [0.29, 0.717) is 12.1 Å². The van der Waals surface area contributed by atoms with Crippen LogP contribution < -0.4 is 5.32 Å². The van der Waals surface area contributed by atoms with Crippen molar-refractivity contribution < 1.29 is 9.59 Å². The Morgan fingerprint density at radius 1 is 1.44 bits per heavy atom. The van der Waals surface area contributed by atoms with Crippen LogP contribution in [0.2, 0.25) is 0 Å². The second-order valence-electron chi connectivity index (χ2n) is 4.77.